The van der Waals surface area contributed by atoms with Crippen LogP contribution in [0.1, 0.15) is 27.0 Å². The fourth-order valence-electron chi connectivity index (χ4n) is 1.90. The largest absolute Gasteiger partial charge is 0.378 e. The smallest absolute Gasteiger partial charge is 0.264 e. The lowest BCUT2D eigenvalue weighted by atomic mass is 10.2. The molecule has 1 aromatic rings. The predicted molar refractivity (Wildman–Crippen MR) is 65.2 cm³/mol. The highest BCUT2D eigenvalue weighted by Crippen LogP contribution is 2.23. The van der Waals surface area contributed by atoms with Crippen LogP contribution in [-0.4, -0.2) is 37.1 Å². The Morgan fingerprint density at radius 3 is 2.75 bits per heavy atom. The van der Waals surface area contributed by atoms with E-state index in [-0.39, 0.29) is 5.91 Å². The zero-order valence-corrected chi connectivity index (χ0v) is 10.6. The van der Waals surface area contributed by atoms with Crippen molar-refractivity contribution in [1.82, 2.24) is 4.90 Å². The Morgan fingerprint density at radius 1 is 1.50 bits per heavy atom. The molecule has 0 atom stereocenters. The average molecular weight is 239 g/mol. The minimum atomic E-state index is 0.163. The maximum atomic E-state index is 12.2. The van der Waals surface area contributed by atoms with E-state index in [0.29, 0.717) is 13.2 Å². The highest BCUT2D eigenvalue weighted by atomic mass is 32.1. The second-order valence-electron chi connectivity index (χ2n) is 3.97. The Hall–Kier alpha value is -0.870. The Labute approximate surface area is 100 Å². The second kappa shape index (κ2) is 4.97. The van der Waals surface area contributed by atoms with Gasteiger partial charge in [0.05, 0.1) is 18.1 Å². The molecule has 0 bridgehead atoms. The summed E-state index contributed by atoms with van der Waals surface area (Å²) in [5.41, 5.74) is 1.24. The van der Waals surface area contributed by atoms with Gasteiger partial charge in [-0.05, 0) is 25.0 Å². The molecule has 16 heavy (non-hydrogen) atoms. The molecule has 2 rings (SSSR count). The number of carbonyl (C=O) groups is 1. The van der Waals surface area contributed by atoms with Crippen LogP contribution in [0.3, 0.4) is 0 Å². The van der Waals surface area contributed by atoms with E-state index in [1.807, 2.05) is 11.0 Å². The summed E-state index contributed by atoms with van der Waals surface area (Å²) in [7, 11) is 0. The summed E-state index contributed by atoms with van der Waals surface area (Å²) in [4.78, 5) is 16.2. The molecule has 88 valence electrons. The maximum absolute atomic E-state index is 12.2. The van der Waals surface area contributed by atoms with Crippen molar-refractivity contribution in [2.45, 2.75) is 20.3 Å². The topological polar surface area (TPSA) is 29.5 Å². The molecule has 0 aliphatic carbocycles. The number of thiophene rings is 1. The fourth-order valence-corrected chi connectivity index (χ4v) is 2.98. The van der Waals surface area contributed by atoms with E-state index < -0.39 is 0 Å². The summed E-state index contributed by atoms with van der Waals surface area (Å²) < 4.78 is 5.25. The van der Waals surface area contributed by atoms with Crippen LogP contribution >= 0.6 is 11.3 Å². The molecule has 0 aromatic carbocycles. The van der Waals surface area contributed by atoms with Gasteiger partial charge in [0.1, 0.15) is 0 Å². The minimum absolute atomic E-state index is 0.163. The van der Waals surface area contributed by atoms with Gasteiger partial charge in [-0.15, -0.1) is 11.3 Å². The molecular formula is C12H17NO2S. The number of hydrogen-bond donors (Lipinski definition) is 0. The predicted octanol–water partition coefficient (Wildman–Crippen LogP) is 2.09. The summed E-state index contributed by atoms with van der Waals surface area (Å²) in [6.45, 7) is 6.97. The Morgan fingerprint density at radius 2 is 2.19 bits per heavy atom. The van der Waals surface area contributed by atoms with Crippen molar-refractivity contribution < 1.29 is 9.53 Å². The number of nitrogens with zero attached hydrogens (tertiary/aromatic N) is 1. The van der Waals surface area contributed by atoms with Crippen LogP contribution in [0.25, 0.3) is 0 Å². The molecule has 0 unspecified atom stereocenters. The minimum Gasteiger partial charge on any atom is -0.378 e. The van der Waals surface area contributed by atoms with Crippen LogP contribution in [0.4, 0.5) is 0 Å². The molecular weight excluding hydrogens is 222 g/mol. The number of carbonyl (C=O) groups excluding carboxylic acids is 1. The highest BCUT2D eigenvalue weighted by molar-refractivity contribution is 7.14. The second-order valence-corrected chi connectivity index (χ2v) is 5.11. The van der Waals surface area contributed by atoms with E-state index in [4.69, 9.17) is 4.74 Å². The van der Waals surface area contributed by atoms with Crippen molar-refractivity contribution in [2.75, 3.05) is 26.3 Å². The van der Waals surface area contributed by atoms with Gasteiger partial charge in [-0.3, -0.25) is 4.79 Å². The molecule has 3 nitrogen and oxygen atoms in total. The molecule has 4 heteroatoms. The van der Waals surface area contributed by atoms with Gasteiger partial charge in [-0.25, -0.2) is 0 Å². The van der Waals surface area contributed by atoms with Crippen molar-refractivity contribution in [3.63, 3.8) is 0 Å². The molecule has 1 saturated heterocycles. The maximum Gasteiger partial charge on any atom is 0.264 e. The van der Waals surface area contributed by atoms with Gasteiger partial charge in [0.2, 0.25) is 0 Å². The number of rotatable bonds is 2. The zero-order valence-electron chi connectivity index (χ0n) is 9.78. The van der Waals surface area contributed by atoms with Crippen molar-refractivity contribution in [3.8, 4) is 0 Å². The lowest BCUT2D eigenvalue weighted by Crippen LogP contribution is -2.40. The van der Waals surface area contributed by atoms with Gasteiger partial charge in [-0.1, -0.05) is 6.92 Å². The van der Waals surface area contributed by atoms with E-state index in [1.54, 1.807) is 11.3 Å². The molecule has 0 radical (unpaired) electrons. The van der Waals surface area contributed by atoms with Gasteiger partial charge in [0.15, 0.2) is 0 Å². The van der Waals surface area contributed by atoms with E-state index in [9.17, 15) is 4.79 Å². The van der Waals surface area contributed by atoms with E-state index in [2.05, 4.69) is 13.8 Å². The molecule has 0 saturated carbocycles. The van der Waals surface area contributed by atoms with Crippen LogP contribution in [0, 0.1) is 6.92 Å². The SMILES string of the molecule is CCc1sc(C(=O)N2CCOCC2)cc1C. The van der Waals surface area contributed by atoms with Gasteiger partial charge < -0.3 is 9.64 Å². The Balaban J connectivity index is 2.13. The number of morpholine rings is 1. The Bertz CT molecular complexity index is 380. The average Bonchev–Trinajstić information content (AvgIpc) is 2.71. The molecule has 1 aliphatic heterocycles. The van der Waals surface area contributed by atoms with Gasteiger partial charge in [0, 0.05) is 18.0 Å². The summed E-state index contributed by atoms with van der Waals surface area (Å²) >= 11 is 1.63. The molecule has 0 spiro atoms. The normalized spacial score (nSPS) is 16.5. The number of aryl methyl sites for hydroxylation is 2. The van der Waals surface area contributed by atoms with Crippen molar-refractivity contribution >= 4 is 17.2 Å². The van der Waals surface area contributed by atoms with Gasteiger partial charge in [-0.2, -0.15) is 0 Å². The number of ether oxygens (including phenoxy) is 1. The third-order valence-electron chi connectivity index (χ3n) is 2.85. The third kappa shape index (κ3) is 2.28. The van der Waals surface area contributed by atoms with Crippen LogP contribution in [-0.2, 0) is 11.2 Å². The van der Waals surface area contributed by atoms with Gasteiger partial charge in [0.25, 0.3) is 5.91 Å². The lowest BCUT2D eigenvalue weighted by molar-refractivity contribution is 0.0306. The summed E-state index contributed by atoms with van der Waals surface area (Å²) in [6, 6.07) is 2.02. The first kappa shape index (κ1) is 11.6. The fraction of sp³-hybridized carbons (Fsp3) is 0.583. The molecule has 1 aliphatic rings. The quantitative estimate of drug-likeness (QED) is 0.791. The van der Waals surface area contributed by atoms with Crippen LogP contribution in [0.5, 0.6) is 0 Å². The zero-order chi connectivity index (χ0) is 11.5. The van der Waals surface area contributed by atoms with E-state index in [1.165, 1.54) is 10.4 Å². The Kier molecular flexibility index (Phi) is 3.61. The standard InChI is InChI=1S/C12H17NO2S/c1-3-10-9(2)8-11(16-10)12(14)13-4-6-15-7-5-13/h8H,3-7H2,1-2H3. The molecule has 1 aromatic heterocycles. The van der Waals surface area contributed by atoms with Crippen molar-refractivity contribution in [1.29, 1.82) is 0 Å². The first-order valence-corrected chi connectivity index (χ1v) is 6.50. The summed E-state index contributed by atoms with van der Waals surface area (Å²) in [5.74, 6) is 0.163. The third-order valence-corrected chi connectivity index (χ3v) is 4.22. The first-order valence-electron chi connectivity index (χ1n) is 5.68. The van der Waals surface area contributed by atoms with Crippen LogP contribution in [0.2, 0.25) is 0 Å². The van der Waals surface area contributed by atoms with E-state index >= 15 is 0 Å². The molecule has 1 fully saturated rings. The molecule has 0 N–H and O–H groups in total. The first-order chi connectivity index (χ1) is 7.72. The highest BCUT2D eigenvalue weighted by Gasteiger charge is 2.20. The van der Waals surface area contributed by atoms with Crippen LogP contribution < -0.4 is 0 Å². The number of amides is 1. The molecule has 2 heterocycles. The summed E-state index contributed by atoms with van der Waals surface area (Å²) in [5, 5.41) is 0. The van der Waals surface area contributed by atoms with E-state index in [0.717, 1.165) is 24.4 Å². The van der Waals surface area contributed by atoms with Gasteiger partial charge >= 0.3 is 0 Å². The summed E-state index contributed by atoms with van der Waals surface area (Å²) in [6.07, 6.45) is 1.01. The van der Waals surface area contributed by atoms with Crippen molar-refractivity contribution in [2.24, 2.45) is 0 Å². The lowest BCUT2D eigenvalue weighted by Gasteiger charge is -2.26. The number of hydrogen-bond acceptors (Lipinski definition) is 3. The van der Waals surface area contributed by atoms with Crippen molar-refractivity contribution in [3.05, 3.63) is 21.4 Å². The van der Waals surface area contributed by atoms with Crippen LogP contribution in [0.15, 0.2) is 6.07 Å². The molecule has 1 amide bonds. The monoisotopic (exact) mass is 239 g/mol.